The molecule has 0 aliphatic heterocycles. The molecular formula is C10H11Cl2N3O3. The van der Waals surface area contributed by atoms with Crippen molar-refractivity contribution < 1.29 is 14.7 Å². The van der Waals surface area contributed by atoms with E-state index in [0.29, 0.717) is 0 Å². The number of aliphatic carboxylic acids is 1. The molecule has 0 aliphatic rings. The van der Waals surface area contributed by atoms with Crippen LogP contribution < -0.4 is 5.32 Å². The maximum atomic E-state index is 11.8. The summed E-state index contributed by atoms with van der Waals surface area (Å²) < 4.78 is 0. The largest absolute Gasteiger partial charge is 0.481 e. The van der Waals surface area contributed by atoms with Crippen LogP contribution in [0.15, 0.2) is 6.33 Å². The van der Waals surface area contributed by atoms with Gasteiger partial charge >= 0.3 is 5.97 Å². The highest BCUT2D eigenvalue weighted by Crippen LogP contribution is 2.26. The Bertz CT molecular complexity index is 481. The van der Waals surface area contributed by atoms with Gasteiger partial charge in [-0.15, -0.1) is 0 Å². The Hall–Kier alpha value is -1.40. The fraction of sp³-hybridized carbons (Fsp3) is 0.400. The average Bonchev–Trinajstić information content (AvgIpc) is 2.32. The Balaban J connectivity index is 2.82. The third-order valence-corrected chi connectivity index (χ3v) is 3.28. The minimum absolute atomic E-state index is 0.0147. The van der Waals surface area contributed by atoms with Gasteiger partial charge < -0.3 is 10.4 Å². The molecule has 1 aromatic rings. The van der Waals surface area contributed by atoms with Gasteiger partial charge in [0.1, 0.15) is 11.3 Å². The van der Waals surface area contributed by atoms with E-state index < -0.39 is 23.7 Å². The van der Waals surface area contributed by atoms with Crippen molar-refractivity contribution in [3.8, 4) is 0 Å². The molecule has 8 heteroatoms. The molecule has 2 unspecified atom stereocenters. The Labute approximate surface area is 113 Å². The third kappa shape index (κ3) is 3.30. The molecular weight excluding hydrogens is 281 g/mol. The molecule has 0 radical (unpaired) electrons. The summed E-state index contributed by atoms with van der Waals surface area (Å²) in [6.07, 6.45) is 1.15. The number of carboxylic acids is 1. The number of amides is 1. The van der Waals surface area contributed by atoms with Crippen LogP contribution in [0.3, 0.4) is 0 Å². The molecule has 1 rings (SSSR count). The number of halogens is 2. The van der Waals surface area contributed by atoms with E-state index in [2.05, 4.69) is 15.3 Å². The molecule has 1 heterocycles. The van der Waals surface area contributed by atoms with Crippen molar-refractivity contribution in [2.24, 2.45) is 11.8 Å². The van der Waals surface area contributed by atoms with Crippen molar-refractivity contribution in [2.75, 3.05) is 5.32 Å². The molecule has 0 aliphatic carbocycles. The minimum Gasteiger partial charge on any atom is -0.481 e. The molecule has 6 nitrogen and oxygen atoms in total. The standard InChI is InChI=1S/C10H11Cl2N3O3/c1-4(5(2)10(17)18)9(16)15-8-6(11)7(12)13-3-14-8/h3-5H,1-2H3,(H,17,18)(H,13,14,15,16). The first-order valence-electron chi connectivity index (χ1n) is 5.04. The van der Waals surface area contributed by atoms with Crippen LogP contribution in [-0.4, -0.2) is 27.0 Å². The number of carbonyl (C=O) groups excluding carboxylic acids is 1. The van der Waals surface area contributed by atoms with Crippen LogP contribution in [0, 0.1) is 11.8 Å². The normalized spacial score (nSPS) is 13.8. The van der Waals surface area contributed by atoms with E-state index in [-0.39, 0.29) is 16.0 Å². The molecule has 0 saturated carbocycles. The third-order valence-electron chi connectivity index (χ3n) is 2.54. The van der Waals surface area contributed by atoms with E-state index in [1.165, 1.54) is 13.8 Å². The summed E-state index contributed by atoms with van der Waals surface area (Å²) in [4.78, 5) is 29.9. The number of nitrogens with one attached hydrogen (secondary N) is 1. The molecule has 2 atom stereocenters. The van der Waals surface area contributed by atoms with Gasteiger partial charge in [-0.25, -0.2) is 9.97 Å². The summed E-state index contributed by atoms with van der Waals surface area (Å²) in [6, 6.07) is 0. The first-order valence-corrected chi connectivity index (χ1v) is 5.79. The monoisotopic (exact) mass is 291 g/mol. The summed E-state index contributed by atoms with van der Waals surface area (Å²) >= 11 is 11.5. The van der Waals surface area contributed by atoms with Gasteiger partial charge in [0.25, 0.3) is 0 Å². The van der Waals surface area contributed by atoms with Gasteiger partial charge in [-0.2, -0.15) is 0 Å². The smallest absolute Gasteiger partial charge is 0.307 e. The molecule has 0 spiro atoms. The van der Waals surface area contributed by atoms with Crippen LogP contribution >= 0.6 is 23.2 Å². The maximum Gasteiger partial charge on any atom is 0.307 e. The summed E-state index contributed by atoms with van der Waals surface area (Å²) in [5.74, 6) is -3.04. The summed E-state index contributed by atoms with van der Waals surface area (Å²) in [6.45, 7) is 2.95. The maximum absolute atomic E-state index is 11.8. The fourth-order valence-electron chi connectivity index (χ4n) is 1.11. The Morgan fingerprint density at radius 2 is 1.89 bits per heavy atom. The summed E-state index contributed by atoms with van der Waals surface area (Å²) in [5.41, 5.74) is 0. The van der Waals surface area contributed by atoms with Crippen molar-refractivity contribution in [2.45, 2.75) is 13.8 Å². The molecule has 2 N–H and O–H groups in total. The number of nitrogens with zero attached hydrogens (tertiary/aromatic N) is 2. The Kier molecular flexibility index (Phi) is 4.86. The van der Waals surface area contributed by atoms with Crippen molar-refractivity contribution in [3.63, 3.8) is 0 Å². The van der Waals surface area contributed by atoms with Crippen LogP contribution in [0.25, 0.3) is 0 Å². The van der Waals surface area contributed by atoms with E-state index in [4.69, 9.17) is 28.3 Å². The number of hydrogen-bond acceptors (Lipinski definition) is 4. The SMILES string of the molecule is CC(C(=O)O)C(C)C(=O)Nc1ncnc(Cl)c1Cl. The summed E-state index contributed by atoms with van der Waals surface area (Å²) in [7, 11) is 0. The zero-order valence-corrected chi connectivity index (χ0v) is 11.2. The van der Waals surface area contributed by atoms with Crippen molar-refractivity contribution in [1.29, 1.82) is 0 Å². The number of anilines is 1. The van der Waals surface area contributed by atoms with Crippen LogP contribution in [0.1, 0.15) is 13.8 Å². The van der Waals surface area contributed by atoms with Gasteiger partial charge in [0, 0.05) is 5.92 Å². The molecule has 98 valence electrons. The molecule has 0 aromatic carbocycles. The number of aromatic nitrogens is 2. The lowest BCUT2D eigenvalue weighted by atomic mass is 9.95. The van der Waals surface area contributed by atoms with Crippen molar-refractivity contribution >= 4 is 40.9 Å². The van der Waals surface area contributed by atoms with Gasteiger partial charge in [0.2, 0.25) is 5.91 Å². The molecule has 18 heavy (non-hydrogen) atoms. The number of hydrogen-bond donors (Lipinski definition) is 2. The summed E-state index contributed by atoms with van der Waals surface area (Å²) in [5, 5.41) is 11.3. The van der Waals surface area contributed by atoms with Gasteiger partial charge in [-0.3, -0.25) is 9.59 Å². The molecule has 1 aromatic heterocycles. The molecule has 1 amide bonds. The minimum atomic E-state index is -1.05. The van der Waals surface area contributed by atoms with E-state index in [1.54, 1.807) is 0 Å². The lowest BCUT2D eigenvalue weighted by Gasteiger charge is -2.15. The highest BCUT2D eigenvalue weighted by atomic mass is 35.5. The predicted octanol–water partition coefficient (Wildman–Crippen LogP) is 2.08. The zero-order chi connectivity index (χ0) is 13.9. The Morgan fingerprint density at radius 3 is 2.44 bits per heavy atom. The van der Waals surface area contributed by atoms with Gasteiger partial charge in [-0.1, -0.05) is 37.0 Å². The van der Waals surface area contributed by atoms with E-state index >= 15 is 0 Å². The first kappa shape index (κ1) is 14.7. The highest BCUT2D eigenvalue weighted by Gasteiger charge is 2.26. The lowest BCUT2D eigenvalue weighted by molar-refractivity contribution is -0.145. The van der Waals surface area contributed by atoms with Gasteiger partial charge in [0.05, 0.1) is 5.92 Å². The first-order chi connectivity index (χ1) is 8.34. The van der Waals surface area contributed by atoms with Gasteiger partial charge in [0.15, 0.2) is 11.0 Å². The second kappa shape index (κ2) is 5.97. The number of carbonyl (C=O) groups is 2. The molecule has 0 fully saturated rings. The second-order valence-electron chi connectivity index (χ2n) is 3.73. The number of carboxylic acid groups (broad SMARTS) is 1. The molecule has 0 bridgehead atoms. The van der Waals surface area contributed by atoms with E-state index in [0.717, 1.165) is 6.33 Å². The van der Waals surface area contributed by atoms with Crippen molar-refractivity contribution in [1.82, 2.24) is 9.97 Å². The molecule has 0 saturated heterocycles. The van der Waals surface area contributed by atoms with Crippen LogP contribution in [0.4, 0.5) is 5.82 Å². The fourth-order valence-corrected chi connectivity index (χ4v) is 1.38. The average molecular weight is 292 g/mol. The lowest BCUT2D eigenvalue weighted by Crippen LogP contribution is -2.30. The second-order valence-corrected chi connectivity index (χ2v) is 4.47. The zero-order valence-electron chi connectivity index (χ0n) is 9.65. The van der Waals surface area contributed by atoms with Crippen molar-refractivity contribution in [3.05, 3.63) is 16.5 Å². The quantitative estimate of drug-likeness (QED) is 0.829. The highest BCUT2D eigenvalue weighted by molar-refractivity contribution is 6.42. The van der Waals surface area contributed by atoms with Crippen LogP contribution in [-0.2, 0) is 9.59 Å². The van der Waals surface area contributed by atoms with E-state index in [1.807, 2.05) is 0 Å². The van der Waals surface area contributed by atoms with Crippen LogP contribution in [0.5, 0.6) is 0 Å². The number of rotatable bonds is 4. The Morgan fingerprint density at radius 1 is 1.28 bits per heavy atom. The predicted molar refractivity (Wildman–Crippen MR) is 66.6 cm³/mol. The topological polar surface area (TPSA) is 92.2 Å². The van der Waals surface area contributed by atoms with Crippen LogP contribution in [0.2, 0.25) is 10.2 Å². The van der Waals surface area contributed by atoms with Gasteiger partial charge in [-0.05, 0) is 0 Å². The van der Waals surface area contributed by atoms with E-state index in [9.17, 15) is 9.59 Å².